The van der Waals surface area contributed by atoms with Crippen molar-refractivity contribution in [1.29, 1.82) is 0 Å². The first kappa shape index (κ1) is 17.6. The van der Waals surface area contributed by atoms with Crippen LogP contribution in [0.25, 0.3) is 0 Å². The molecule has 0 unspecified atom stereocenters. The molecule has 0 radical (unpaired) electrons. The normalized spacial score (nSPS) is 26.7. The molecule has 0 N–H and O–H groups in total. The van der Waals surface area contributed by atoms with Crippen LogP contribution in [0.5, 0.6) is 0 Å². The first-order valence-electron chi connectivity index (χ1n) is 8.09. The molecule has 1 saturated heterocycles. The average Bonchev–Trinajstić information content (AvgIpc) is 2.84. The molecular weight excluding hydrogens is 377 g/mol. The van der Waals surface area contributed by atoms with Crippen molar-refractivity contribution in [1.82, 2.24) is 4.90 Å². The summed E-state index contributed by atoms with van der Waals surface area (Å²) in [4.78, 5) is 14.7. The van der Waals surface area contributed by atoms with Crippen molar-refractivity contribution < 1.29 is 18.7 Å². The van der Waals surface area contributed by atoms with Gasteiger partial charge < -0.3 is 14.4 Å². The second kappa shape index (κ2) is 6.94. The van der Waals surface area contributed by atoms with E-state index in [9.17, 15) is 9.18 Å². The standard InChI is InChI=1S/C18H21BrFNO3/c1-18(2)23-15-6-4-3-5-9-21(17(22)16(15)24-18)11-12-10-13(20)7-8-14(12)19/h3-4,7-8,10,15-16H,5-6,9,11H2,1-2H3/t15-,16+/m1/s1. The van der Waals surface area contributed by atoms with Crippen molar-refractivity contribution in [2.75, 3.05) is 6.54 Å². The van der Waals surface area contributed by atoms with Crippen LogP contribution in [-0.4, -0.2) is 35.3 Å². The quantitative estimate of drug-likeness (QED) is 0.712. The Morgan fingerprint density at radius 3 is 2.92 bits per heavy atom. The third-order valence-corrected chi connectivity index (χ3v) is 4.98. The highest BCUT2D eigenvalue weighted by Crippen LogP contribution is 2.32. The largest absolute Gasteiger partial charge is 0.344 e. The zero-order valence-electron chi connectivity index (χ0n) is 13.8. The van der Waals surface area contributed by atoms with Crippen LogP contribution in [0.3, 0.4) is 0 Å². The molecule has 0 bridgehead atoms. The molecule has 2 atom stereocenters. The highest BCUT2D eigenvalue weighted by molar-refractivity contribution is 9.10. The maximum absolute atomic E-state index is 13.5. The SMILES string of the molecule is CC1(C)O[C@@H]2C(=O)N(Cc3cc(F)ccc3Br)CCC=CC[C@H]2O1. The van der Waals surface area contributed by atoms with Gasteiger partial charge in [0.15, 0.2) is 11.9 Å². The van der Waals surface area contributed by atoms with Gasteiger partial charge in [0, 0.05) is 17.6 Å². The molecule has 24 heavy (non-hydrogen) atoms. The van der Waals surface area contributed by atoms with E-state index in [-0.39, 0.29) is 17.8 Å². The molecule has 1 aromatic rings. The second-order valence-corrected chi connectivity index (χ2v) is 7.44. The lowest BCUT2D eigenvalue weighted by atomic mass is 10.1. The van der Waals surface area contributed by atoms with Gasteiger partial charge in [-0.05, 0) is 50.5 Å². The molecular formula is C18H21BrFNO3. The number of ether oxygens (including phenoxy) is 2. The monoisotopic (exact) mass is 397 g/mol. The Morgan fingerprint density at radius 1 is 1.33 bits per heavy atom. The number of fused-ring (bicyclic) bond motifs is 1. The van der Waals surface area contributed by atoms with E-state index < -0.39 is 11.9 Å². The predicted octanol–water partition coefficient (Wildman–Crippen LogP) is 3.79. The lowest BCUT2D eigenvalue weighted by Crippen LogP contribution is -2.43. The molecule has 130 valence electrons. The van der Waals surface area contributed by atoms with Crippen LogP contribution >= 0.6 is 15.9 Å². The van der Waals surface area contributed by atoms with E-state index in [4.69, 9.17) is 9.47 Å². The average molecular weight is 398 g/mol. The van der Waals surface area contributed by atoms with E-state index >= 15 is 0 Å². The van der Waals surface area contributed by atoms with E-state index in [2.05, 4.69) is 22.0 Å². The van der Waals surface area contributed by atoms with Crippen LogP contribution in [0.15, 0.2) is 34.8 Å². The Labute approximate surface area is 149 Å². The first-order chi connectivity index (χ1) is 11.4. The van der Waals surface area contributed by atoms with Gasteiger partial charge in [-0.15, -0.1) is 0 Å². The first-order valence-corrected chi connectivity index (χ1v) is 8.88. The van der Waals surface area contributed by atoms with Gasteiger partial charge in [0.1, 0.15) is 5.82 Å². The Bertz CT molecular complexity index is 662. The molecule has 0 aromatic heterocycles. The van der Waals surface area contributed by atoms with Crippen molar-refractivity contribution in [3.63, 3.8) is 0 Å². The summed E-state index contributed by atoms with van der Waals surface area (Å²) in [5.74, 6) is -1.20. The summed E-state index contributed by atoms with van der Waals surface area (Å²) < 4.78 is 26.0. The number of rotatable bonds is 2. The van der Waals surface area contributed by atoms with E-state index in [0.717, 1.165) is 16.5 Å². The van der Waals surface area contributed by atoms with Crippen molar-refractivity contribution in [2.45, 2.75) is 51.2 Å². The number of nitrogens with zero attached hydrogens (tertiary/aromatic N) is 1. The number of hydrogen-bond acceptors (Lipinski definition) is 3. The van der Waals surface area contributed by atoms with Gasteiger partial charge in [0.2, 0.25) is 0 Å². The van der Waals surface area contributed by atoms with Gasteiger partial charge in [-0.3, -0.25) is 4.79 Å². The van der Waals surface area contributed by atoms with Gasteiger partial charge >= 0.3 is 0 Å². The van der Waals surface area contributed by atoms with Crippen LogP contribution in [0.4, 0.5) is 4.39 Å². The maximum atomic E-state index is 13.5. The molecule has 2 heterocycles. The fourth-order valence-corrected chi connectivity index (χ4v) is 3.48. The number of halogens is 2. The molecule has 3 rings (SSSR count). The van der Waals surface area contributed by atoms with E-state index in [1.165, 1.54) is 12.1 Å². The molecule has 0 aliphatic carbocycles. The van der Waals surface area contributed by atoms with Crippen LogP contribution in [-0.2, 0) is 20.8 Å². The molecule has 0 spiro atoms. The van der Waals surface area contributed by atoms with Gasteiger partial charge in [-0.1, -0.05) is 28.1 Å². The molecule has 4 nitrogen and oxygen atoms in total. The summed E-state index contributed by atoms with van der Waals surface area (Å²) in [6.07, 6.45) is 4.57. The lowest BCUT2D eigenvalue weighted by Gasteiger charge is -2.26. The molecule has 2 aliphatic heterocycles. The topological polar surface area (TPSA) is 38.8 Å². The second-order valence-electron chi connectivity index (χ2n) is 6.59. The fourth-order valence-electron chi connectivity index (χ4n) is 3.11. The predicted molar refractivity (Wildman–Crippen MR) is 91.7 cm³/mol. The number of carbonyl (C=O) groups is 1. The summed E-state index contributed by atoms with van der Waals surface area (Å²) in [6, 6.07) is 4.50. The zero-order chi connectivity index (χ0) is 17.3. The highest BCUT2D eigenvalue weighted by atomic mass is 79.9. The molecule has 1 aromatic carbocycles. The number of carbonyl (C=O) groups excluding carboxylic acids is 1. The van der Waals surface area contributed by atoms with E-state index in [1.807, 2.05) is 19.9 Å². The minimum atomic E-state index is -0.775. The molecule has 1 fully saturated rings. The van der Waals surface area contributed by atoms with Gasteiger partial charge in [0.05, 0.1) is 6.10 Å². The van der Waals surface area contributed by atoms with Crippen molar-refractivity contribution in [3.8, 4) is 0 Å². The van der Waals surface area contributed by atoms with Gasteiger partial charge in [-0.25, -0.2) is 4.39 Å². The summed E-state index contributed by atoms with van der Waals surface area (Å²) in [5.41, 5.74) is 0.737. The third kappa shape index (κ3) is 3.87. The maximum Gasteiger partial charge on any atom is 0.254 e. The number of hydrogen-bond donors (Lipinski definition) is 0. The summed E-state index contributed by atoms with van der Waals surface area (Å²) in [6.45, 7) is 4.52. The Kier molecular flexibility index (Phi) is 5.08. The van der Waals surface area contributed by atoms with Crippen molar-refractivity contribution in [2.24, 2.45) is 0 Å². The Morgan fingerprint density at radius 2 is 2.12 bits per heavy atom. The van der Waals surface area contributed by atoms with Gasteiger partial charge in [0.25, 0.3) is 5.91 Å². The number of benzene rings is 1. The Hall–Kier alpha value is -1.24. The summed E-state index contributed by atoms with van der Waals surface area (Å²) in [7, 11) is 0. The van der Waals surface area contributed by atoms with Crippen LogP contribution < -0.4 is 0 Å². The summed E-state index contributed by atoms with van der Waals surface area (Å²) in [5, 5.41) is 0. The molecule has 1 amide bonds. The molecule has 0 saturated carbocycles. The smallest absolute Gasteiger partial charge is 0.254 e. The van der Waals surface area contributed by atoms with E-state index in [1.54, 1.807) is 11.0 Å². The van der Waals surface area contributed by atoms with E-state index in [0.29, 0.717) is 19.5 Å². The fraction of sp³-hybridized carbons (Fsp3) is 0.500. The Balaban J connectivity index is 1.85. The zero-order valence-corrected chi connectivity index (χ0v) is 15.4. The summed E-state index contributed by atoms with van der Waals surface area (Å²) >= 11 is 3.43. The minimum Gasteiger partial charge on any atom is -0.344 e. The van der Waals surface area contributed by atoms with Gasteiger partial charge in [-0.2, -0.15) is 0 Å². The van der Waals surface area contributed by atoms with Crippen molar-refractivity contribution in [3.05, 3.63) is 46.2 Å². The number of amides is 1. The molecule has 6 heteroatoms. The van der Waals surface area contributed by atoms with Crippen LogP contribution in [0.1, 0.15) is 32.3 Å². The van der Waals surface area contributed by atoms with Crippen LogP contribution in [0.2, 0.25) is 0 Å². The van der Waals surface area contributed by atoms with Crippen LogP contribution in [0, 0.1) is 5.82 Å². The minimum absolute atomic E-state index is 0.106. The van der Waals surface area contributed by atoms with Crippen molar-refractivity contribution >= 4 is 21.8 Å². The highest BCUT2D eigenvalue weighted by Gasteiger charge is 2.46. The lowest BCUT2D eigenvalue weighted by molar-refractivity contribution is -0.162. The third-order valence-electron chi connectivity index (χ3n) is 4.21. The molecule has 2 aliphatic rings.